The topological polar surface area (TPSA) is 46.5 Å². The van der Waals surface area contributed by atoms with Crippen molar-refractivity contribution in [3.05, 3.63) is 66.7 Å². The van der Waals surface area contributed by atoms with E-state index in [-0.39, 0.29) is 5.82 Å². The van der Waals surface area contributed by atoms with E-state index in [0.29, 0.717) is 0 Å². The van der Waals surface area contributed by atoms with Crippen molar-refractivity contribution in [1.82, 2.24) is 20.0 Å². The van der Waals surface area contributed by atoms with Crippen LogP contribution in [0.3, 0.4) is 0 Å². The third-order valence-electron chi connectivity index (χ3n) is 3.51. The molecule has 0 saturated heterocycles. The van der Waals surface area contributed by atoms with Crippen molar-refractivity contribution in [2.45, 2.75) is 0 Å². The Balaban J connectivity index is 1.84. The molecular weight excluding hydrogens is 267 g/mol. The molecule has 0 radical (unpaired) electrons. The summed E-state index contributed by atoms with van der Waals surface area (Å²) in [5.41, 5.74) is 3.81. The molecule has 0 atom stereocenters. The largest absolute Gasteiger partial charge is 0.317 e. The maximum Gasteiger partial charge on any atom is 0.123 e. The first kappa shape index (κ1) is 11.8. The molecule has 2 heterocycles. The van der Waals surface area contributed by atoms with Gasteiger partial charge in [0.15, 0.2) is 0 Å². The number of aromatic amines is 1. The number of halogens is 1. The highest BCUT2D eigenvalue weighted by Gasteiger charge is 2.06. The summed E-state index contributed by atoms with van der Waals surface area (Å²) >= 11 is 0. The van der Waals surface area contributed by atoms with Crippen molar-refractivity contribution in [2.75, 3.05) is 0 Å². The molecule has 0 saturated carbocycles. The molecule has 0 aliphatic rings. The summed E-state index contributed by atoms with van der Waals surface area (Å²) < 4.78 is 15.1. The monoisotopic (exact) mass is 278 g/mol. The number of fused-ring (bicyclic) bond motifs is 1. The molecule has 0 unspecified atom stereocenters. The van der Waals surface area contributed by atoms with Gasteiger partial charge in [0.2, 0.25) is 0 Å². The minimum atomic E-state index is -0.233. The third kappa shape index (κ3) is 1.99. The summed E-state index contributed by atoms with van der Waals surface area (Å²) in [5.74, 6) is -0.233. The summed E-state index contributed by atoms with van der Waals surface area (Å²) in [7, 11) is 0. The van der Waals surface area contributed by atoms with Crippen molar-refractivity contribution in [3.8, 4) is 16.9 Å². The number of nitrogens with one attached hydrogen (secondary N) is 1. The van der Waals surface area contributed by atoms with Gasteiger partial charge in [-0.2, -0.15) is 0 Å². The number of rotatable bonds is 2. The van der Waals surface area contributed by atoms with Crippen LogP contribution in [-0.4, -0.2) is 20.0 Å². The lowest BCUT2D eigenvalue weighted by atomic mass is 10.1. The SMILES string of the molecule is Fc1ccc(-n2ccc3cc(-c4c[nH]nn4)ccc32)cc1. The average Bonchev–Trinajstić information content (AvgIpc) is 3.17. The molecule has 4 aromatic rings. The lowest BCUT2D eigenvalue weighted by Crippen LogP contribution is -1.91. The molecule has 0 aliphatic carbocycles. The van der Waals surface area contributed by atoms with Crippen molar-refractivity contribution in [3.63, 3.8) is 0 Å². The lowest BCUT2D eigenvalue weighted by Gasteiger charge is -2.05. The van der Waals surface area contributed by atoms with Crippen molar-refractivity contribution in [2.24, 2.45) is 0 Å². The van der Waals surface area contributed by atoms with E-state index in [0.717, 1.165) is 27.8 Å². The Morgan fingerprint density at radius 1 is 1.00 bits per heavy atom. The van der Waals surface area contributed by atoms with Crippen LogP contribution in [0.2, 0.25) is 0 Å². The predicted molar refractivity (Wildman–Crippen MR) is 78.6 cm³/mol. The second kappa shape index (κ2) is 4.56. The van der Waals surface area contributed by atoms with Crippen molar-refractivity contribution >= 4 is 10.9 Å². The van der Waals surface area contributed by atoms with Gasteiger partial charge in [0, 0.05) is 29.0 Å². The van der Waals surface area contributed by atoms with Gasteiger partial charge in [-0.25, -0.2) is 4.39 Å². The summed E-state index contributed by atoms with van der Waals surface area (Å²) in [6.07, 6.45) is 3.74. The fourth-order valence-electron chi connectivity index (χ4n) is 2.47. The molecule has 0 amide bonds. The van der Waals surface area contributed by atoms with Gasteiger partial charge in [0.05, 0.1) is 5.52 Å². The molecule has 4 rings (SSSR count). The van der Waals surface area contributed by atoms with Gasteiger partial charge in [-0.05, 0) is 42.5 Å². The predicted octanol–water partition coefficient (Wildman–Crippen LogP) is 3.55. The maximum absolute atomic E-state index is 13.0. The van der Waals surface area contributed by atoms with E-state index in [1.54, 1.807) is 18.3 Å². The van der Waals surface area contributed by atoms with Crippen LogP contribution >= 0.6 is 0 Å². The Hall–Kier alpha value is -2.95. The Labute approximate surface area is 119 Å². The number of nitrogens with zero attached hydrogens (tertiary/aromatic N) is 3. The molecule has 0 bridgehead atoms. The van der Waals surface area contributed by atoms with Crippen LogP contribution in [-0.2, 0) is 0 Å². The van der Waals surface area contributed by atoms with Crippen molar-refractivity contribution < 1.29 is 4.39 Å². The third-order valence-corrected chi connectivity index (χ3v) is 3.51. The first-order valence-electron chi connectivity index (χ1n) is 6.55. The van der Waals surface area contributed by atoms with E-state index in [1.165, 1.54) is 12.1 Å². The number of aromatic nitrogens is 4. The van der Waals surface area contributed by atoms with Gasteiger partial charge < -0.3 is 4.57 Å². The Morgan fingerprint density at radius 3 is 2.62 bits per heavy atom. The molecular formula is C16H11FN4. The van der Waals surface area contributed by atoms with Crippen LogP contribution in [0.5, 0.6) is 0 Å². The second-order valence-electron chi connectivity index (χ2n) is 4.79. The van der Waals surface area contributed by atoms with Crippen molar-refractivity contribution in [1.29, 1.82) is 0 Å². The lowest BCUT2D eigenvalue weighted by molar-refractivity contribution is 0.627. The van der Waals surface area contributed by atoms with Crippen LogP contribution in [0, 0.1) is 5.82 Å². The molecule has 0 spiro atoms. The zero-order valence-corrected chi connectivity index (χ0v) is 11.0. The van der Waals surface area contributed by atoms with E-state index >= 15 is 0 Å². The minimum absolute atomic E-state index is 0.233. The quantitative estimate of drug-likeness (QED) is 0.609. The summed E-state index contributed by atoms with van der Waals surface area (Å²) in [4.78, 5) is 0. The number of hydrogen-bond donors (Lipinski definition) is 1. The van der Waals surface area contributed by atoms with Gasteiger partial charge in [-0.15, -0.1) is 5.10 Å². The van der Waals surface area contributed by atoms with Crippen LogP contribution in [0.15, 0.2) is 60.9 Å². The molecule has 0 fully saturated rings. The molecule has 2 aromatic carbocycles. The second-order valence-corrected chi connectivity index (χ2v) is 4.79. The Morgan fingerprint density at radius 2 is 1.86 bits per heavy atom. The van der Waals surface area contributed by atoms with Crippen LogP contribution in [0.4, 0.5) is 4.39 Å². The van der Waals surface area contributed by atoms with Crippen LogP contribution < -0.4 is 0 Å². The molecule has 2 aromatic heterocycles. The first-order valence-corrected chi connectivity index (χ1v) is 6.55. The molecule has 1 N–H and O–H groups in total. The first-order chi connectivity index (χ1) is 10.3. The summed E-state index contributed by atoms with van der Waals surface area (Å²) in [5, 5.41) is 11.5. The fourth-order valence-corrected chi connectivity index (χ4v) is 2.47. The molecule has 5 heteroatoms. The smallest absolute Gasteiger partial charge is 0.123 e. The number of hydrogen-bond acceptors (Lipinski definition) is 2. The molecule has 0 aliphatic heterocycles. The van der Waals surface area contributed by atoms with Gasteiger partial charge in [-0.3, -0.25) is 5.10 Å². The van der Waals surface area contributed by atoms with Gasteiger partial charge in [-0.1, -0.05) is 11.3 Å². The highest BCUT2D eigenvalue weighted by molar-refractivity contribution is 5.86. The normalized spacial score (nSPS) is 11.1. The fraction of sp³-hybridized carbons (Fsp3) is 0. The summed E-state index contributed by atoms with van der Waals surface area (Å²) in [6, 6.07) is 14.6. The Kier molecular flexibility index (Phi) is 2.57. The van der Waals surface area contributed by atoms with E-state index in [4.69, 9.17) is 0 Å². The zero-order chi connectivity index (χ0) is 14.2. The van der Waals surface area contributed by atoms with E-state index in [1.807, 2.05) is 29.0 Å². The van der Waals surface area contributed by atoms with Crippen LogP contribution in [0.25, 0.3) is 27.8 Å². The zero-order valence-electron chi connectivity index (χ0n) is 11.0. The maximum atomic E-state index is 13.0. The number of benzene rings is 2. The number of H-pyrrole nitrogens is 1. The highest BCUT2D eigenvalue weighted by Crippen LogP contribution is 2.25. The highest BCUT2D eigenvalue weighted by atomic mass is 19.1. The molecule has 102 valence electrons. The molecule has 4 nitrogen and oxygen atoms in total. The van der Waals surface area contributed by atoms with E-state index in [9.17, 15) is 4.39 Å². The van der Waals surface area contributed by atoms with Gasteiger partial charge in [0.1, 0.15) is 11.5 Å². The standard InChI is InChI=1S/C16H11FN4/c17-13-2-4-14(5-3-13)21-8-7-12-9-11(1-6-16(12)21)15-10-18-20-19-15/h1-10H,(H,18,19,20). The minimum Gasteiger partial charge on any atom is -0.317 e. The Bertz CT molecular complexity index is 892. The molecule has 21 heavy (non-hydrogen) atoms. The van der Waals surface area contributed by atoms with E-state index < -0.39 is 0 Å². The van der Waals surface area contributed by atoms with Gasteiger partial charge >= 0.3 is 0 Å². The van der Waals surface area contributed by atoms with E-state index in [2.05, 4.69) is 21.5 Å². The van der Waals surface area contributed by atoms with Crippen LogP contribution in [0.1, 0.15) is 0 Å². The van der Waals surface area contributed by atoms with Gasteiger partial charge in [0.25, 0.3) is 0 Å². The average molecular weight is 278 g/mol. The summed E-state index contributed by atoms with van der Waals surface area (Å²) in [6.45, 7) is 0.